The molecule has 1 heterocycles. The van der Waals surface area contributed by atoms with Crippen LogP contribution in [-0.4, -0.2) is 22.9 Å². The van der Waals surface area contributed by atoms with Gasteiger partial charge < -0.3 is 9.73 Å². The lowest BCUT2D eigenvalue weighted by Gasteiger charge is -2.27. The van der Waals surface area contributed by atoms with Gasteiger partial charge in [-0.05, 0) is 32.2 Å². The molecule has 1 aliphatic rings. The lowest BCUT2D eigenvalue weighted by atomic mass is 9.81. The van der Waals surface area contributed by atoms with Crippen LogP contribution in [0, 0.1) is 5.92 Å². The van der Waals surface area contributed by atoms with Gasteiger partial charge >= 0.3 is 6.18 Å². The third-order valence-corrected chi connectivity index (χ3v) is 3.55. The first-order chi connectivity index (χ1) is 9.00. The number of hydrogen-bond acceptors (Lipinski definition) is 4. The fourth-order valence-corrected chi connectivity index (χ4v) is 2.40. The summed E-state index contributed by atoms with van der Waals surface area (Å²) in [6.45, 7) is 3.27. The molecule has 4 nitrogen and oxygen atoms in total. The summed E-state index contributed by atoms with van der Waals surface area (Å²) in [5.41, 5.74) is 0. The Balaban J connectivity index is 1.89. The molecule has 0 saturated heterocycles. The number of nitrogens with zero attached hydrogens (tertiary/aromatic N) is 2. The minimum Gasteiger partial charge on any atom is -0.424 e. The summed E-state index contributed by atoms with van der Waals surface area (Å²) in [6.07, 6.45) is -2.84. The number of aromatic nitrogens is 2. The predicted molar refractivity (Wildman–Crippen MR) is 62.4 cm³/mol. The van der Waals surface area contributed by atoms with Crippen LogP contribution in [0.5, 0.6) is 0 Å². The average Bonchev–Trinajstić information content (AvgIpc) is 2.84. The SMILES string of the molecule is CCNCc1nnc(C2CCC(C(F)(F)F)CC2)o1. The smallest absolute Gasteiger partial charge is 0.391 e. The van der Waals surface area contributed by atoms with E-state index in [2.05, 4.69) is 15.5 Å². The first-order valence-electron chi connectivity index (χ1n) is 6.60. The van der Waals surface area contributed by atoms with Crippen LogP contribution in [0.3, 0.4) is 0 Å². The molecule has 0 bridgehead atoms. The Labute approximate surface area is 109 Å². The third kappa shape index (κ3) is 3.68. The second-order valence-corrected chi connectivity index (χ2v) is 4.90. The number of rotatable bonds is 4. The van der Waals surface area contributed by atoms with Crippen LogP contribution in [0.25, 0.3) is 0 Å². The van der Waals surface area contributed by atoms with E-state index in [0.29, 0.717) is 31.2 Å². The second kappa shape index (κ2) is 5.90. The van der Waals surface area contributed by atoms with Crippen molar-refractivity contribution in [2.24, 2.45) is 5.92 Å². The average molecular weight is 277 g/mol. The molecular formula is C12H18F3N3O. The molecule has 1 N–H and O–H groups in total. The van der Waals surface area contributed by atoms with Crippen molar-refractivity contribution >= 4 is 0 Å². The van der Waals surface area contributed by atoms with Gasteiger partial charge in [0.2, 0.25) is 11.8 Å². The van der Waals surface area contributed by atoms with Gasteiger partial charge in [-0.15, -0.1) is 10.2 Å². The van der Waals surface area contributed by atoms with Crippen molar-refractivity contribution in [1.82, 2.24) is 15.5 Å². The summed E-state index contributed by atoms with van der Waals surface area (Å²) in [7, 11) is 0. The third-order valence-electron chi connectivity index (χ3n) is 3.55. The normalized spacial score (nSPS) is 24.6. The van der Waals surface area contributed by atoms with E-state index in [1.54, 1.807) is 0 Å². The first kappa shape index (κ1) is 14.3. The summed E-state index contributed by atoms with van der Waals surface area (Å²) in [6, 6.07) is 0. The highest BCUT2D eigenvalue weighted by Gasteiger charge is 2.42. The zero-order valence-corrected chi connectivity index (χ0v) is 10.8. The van der Waals surface area contributed by atoms with Gasteiger partial charge in [0.25, 0.3) is 0 Å². The van der Waals surface area contributed by atoms with Crippen LogP contribution in [0.2, 0.25) is 0 Å². The molecule has 1 aliphatic carbocycles. The maximum absolute atomic E-state index is 12.6. The van der Waals surface area contributed by atoms with Gasteiger partial charge in [0.05, 0.1) is 12.5 Å². The molecule has 0 atom stereocenters. The molecule has 0 spiro atoms. The van der Waals surface area contributed by atoms with Crippen LogP contribution in [0.4, 0.5) is 13.2 Å². The van der Waals surface area contributed by atoms with Crippen molar-refractivity contribution in [2.75, 3.05) is 6.54 Å². The highest BCUT2D eigenvalue weighted by atomic mass is 19.4. The second-order valence-electron chi connectivity index (χ2n) is 4.90. The van der Waals surface area contributed by atoms with Crippen molar-refractivity contribution in [1.29, 1.82) is 0 Å². The minimum atomic E-state index is -4.07. The van der Waals surface area contributed by atoms with E-state index in [-0.39, 0.29) is 18.8 Å². The monoisotopic (exact) mass is 277 g/mol. The van der Waals surface area contributed by atoms with Gasteiger partial charge in [-0.25, -0.2) is 0 Å². The topological polar surface area (TPSA) is 51.0 Å². The Kier molecular flexibility index (Phi) is 4.44. The standard InChI is InChI=1S/C12H18F3N3O/c1-2-16-7-10-17-18-11(19-10)8-3-5-9(6-4-8)12(13,14)15/h8-9,16H,2-7H2,1H3. The fraction of sp³-hybridized carbons (Fsp3) is 0.833. The van der Waals surface area contributed by atoms with E-state index in [1.165, 1.54) is 0 Å². The zero-order valence-electron chi connectivity index (χ0n) is 10.8. The van der Waals surface area contributed by atoms with Gasteiger partial charge in [-0.3, -0.25) is 0 Å². The number of alkyl halides is 3. The minimum absolute atomic E-state index is 0.0264. The number of nitrogens with one attached hydrogen (secondary N) is 1. The predicted octanol–water partition coefficient (Wildman–Crippen LogP) is 3.02. The molecule has 0 unspecified atom stereocenters. The number of hydrogen-bond donors (Lipinski definition) is 1. The van der Waals surface area contributed by atoms with E-state index in [4.69, 9.17) is 4.42 Å². The summed E-state index contributed by atoms with van der Waals surface area (Å²) in [5.74, 6) is -0.224. The molecular weight excluding hydrogens is 259 g/mol. The molecule has 1 fully saturated rings. The maximum atomic E-state index is 12.6. The molecule has 2 rings (SSSR count). The van der Waals surface area contributed by atoms with E-state index in [0.717, 1.165) is 6.54 Å². The Bertz CT molecular complexity index is 397. The molecule has 1 aromatic rings. The highest BCUT2D eigenvalue weighted by Crippen LogP contribution is 2.42. The van der Waals surface area contributed by atoms with Gasteiger partial charge in [0.15, 0.2) is 0 Å². The summed E-state index contributed by atoms with van der Waals surface area (Å²) in [4.78, 5) is 0. The molecule has 108 valence electrons. The van der Waals surface area contributed by atoms with E-state index in [1.807, 2.05) is 6.92 Å². The highest BCUT2D eigenvalue weighted by molar-refractivity contribution is 4.95. The Morgan fingerprint density at radius 3 is 2.47 bits per heavy atom. The zero-order chi connectivity index (χ0) is 13.9. The van der Waals surface area contributed by atoms with Crippen LogP contribution >= 0.6 is 0 Å². The van der Waals surface area contributed by atoms with Gasteiger partial charge in [0, 0.05) is 5.92 Å². The molecule has 1 aromatic heterocycles. The summed E-state index contributed by atoms with van der Waals surface area (Å²) < 4.78 is 43.1. The first-order valence-corrected chi connectivity index (χ1v) is 6.60. The summed E-state index contributed by atoms with van der Waals surface area (Å²) in [5, 5.41) is 10.9. The van der Waals surface area contributed by atoms with Crippen LogP contribution < -0.4 is 5.32 Å². The Morgan fingerprint density at radius 2 is 1.89 bits per heavy atom. The molecule has 0 aromatic carbocycles. The van der Waals surface area contributed by atoms with Crippen LogP contribution in [0.1, 0.15) is 50.3 Å². The van der Waals surface area contributed by atoms with Crippen LogP contribution in [0.15, 0.2) is 4.42 Å². The Morgan fingerprint density at radius 1 is 1.21 bits per heavy atom. The fourth-order valence-electron chi connectivity index (χ4n) is 2.40. The van der Waals surface area contributed by atoms with Crippen molar-refractivity contribution in [3.63, 3.8) is 0 Å². The molecule has 19 heavy (non-hydrogen) atoms. The van der Waals surface area contributed by atoms with Gasteiger partial charge in [0.1, 0.15) is 0 Å². The quantitative estimate of drug-likeness (QED) is 0.919. The lowest BCUT2D eigenvalue weighted by Crippen LogP contribution is -2.27. The molecule has 0 radical (unpaired) electrons. The molecule has 0 aliphatic heterocycles. The van der Waals surface area contributed by atoms with Gasteiger partial charge in [-0.2, -0.15) is 13.2 Å². The summed E-state index contributed by atoms with van der Waals surface area (Å²) >= 11 is 0. The van der Waals surface area contributed by atoms with Crippen molar-refractivity contribution in [2.45, 2.75) is 51.2 Å². The van der Waals surface area contributed by atoms with E-state index in [9.17, 15) is 13.2 Å². The number of halogens is 3. The van der Waals surface area contributed by atoms with Crippen molar-refractivity contribution < 1.29 is 17.6 Å². The molecule has 7 heteroatoms. The van der Waals surface area contributed by atoms with Crippen molar-refractivity contribution in [3.05, 3.63) is 11.8 Å². The van der Waals surface area contributed by atoms with E-state index >= 15 is 0 Å². The molecule has 1 saturated carbocycles. The maximum Gasteiger partial charge on any atom is 0.391 e. The Hall–Kier alpha value is -1.11. The molecule has 0 amide bonds. The van der Waals surface area contributed by atoms with E-state index < -0.39 is 12.1 Å². The van der Waals surface area contributed by atoms with Gasteiger partial charge in [-0.1, -0.05) is 6.92 Å². The van der Waals surface area contributed by atoms with Crippen molar-refractivity contribution in [3.8, 4) is 0 Å². The van der Waals surface area contributed by atoms with Crippen LogP contribution in [-0.2, 0) is 6.54 Å². The lowest BCUT2D eigenvalue weighted by molar-refractivity contribution is -0.182. The largest absolute Gasteiger partial charge is 0.424 e.